The number of aliphatic hydroxyl groups is 2. The molecule has 2 aromatic rings. The van der Waals surface area contributed by atoms with Crippen molar-refractivity contribution >= 4 is 22.6 Å². The molecule has 228 valence electrons. The Morgan fingerprint density at radius 1 is 0.829 bits per heavy atom. The molecule has 1 aromatic carbocycles. The first-order valence-corrected chi connectivity index (χ1v) is 14.0. The maximum absolute atomic E-state index is 13.8. The van der Waals surface area contributed by atoms with E-state index in [1.165, 1.54) is 23.4 Å². The van der Waals surface area contributed by atoms with Gasteiger partial charge in [-0.3, -0.25) is 9.13 Å². The van der Waals surface area contributed by atoms with Crippen LogP contribution in [0.5, 0.6) is 0 Å². The van der Waals surface area contributed by atoms with Crippen molar-refractivity contribution in [3.05, 3.63) is 33.7 Å². The lowest BCUT2D eigenvalue weighted by Gasteiger charge is -2.28. The second-order valence-corrected chi connectivity index (χ2v) is 12.2. The van der Waals surface area contributed by atoms with Crippen molar-refractivity contribution in [1.82, 2.24) is 9.13 Å². The SMILES string of the molecule is COC1C(C(O)Cn2c(=O)n(CC(O)C3OC4OC(C)(C)OC4C3OC)c3cc(Cl)ccc32)OC2OC(C)(C)OC21. The average Bonchev–Trinajstić information content (AvgIpc) is 3.63. The summed E-state index contributed by atoms with van der Waals surface area (Å²) in [6.45, 7) is 6.86. The number of hydrogen-bond donors (Lipinski definition) is 2. The fourth-order valence-electron chi connectivity index (χ4n) is 6.39. The summed E-state index contributed by atoms with van der Waals surface area (Å²) in [5.74, 6) is -1.69. The van der Waals surface area contributed by atoms with Gasteiger partial charge in [-0.1, -0.05) is 11.6 Å². The summed E-state index contributed by atoms with van der Waals surface area (Å²) >= 11 is 6.30. The van der Waals surface area contributed by atoms with Crippen LogP contribution in [0.3, 0.4) is 0 Å². The Hall–Kier alpha value is -1.62. The molecule has 0 bridgehead atoms. The minimum absolute atomic E-state index is 0.116. The van der Waals surface area contributed by atoms with Gasteiger partial charge in [0.2, 0.25) is 0 Å². The Balaban J connectivity index is 1.25. The molecule has 1 aromatic heterocycles. The molecule has 2 N–H and O–H groups in total. The van der Waals surface area contributed by atoms with Crippen molar-refractivity contribution in [2.75, 3.05) is 14.2 Å². The van der Waals surface area contributed by atoms with Gasteiger partial charge >= 0.3 is 5.69 Å². The number of rotatable bonds is 8. The van der Waals surface area contributed by atoms with Crippen LogP contribution in [-0.4, -0.2) is 107 Å². The maximum Gasteiger partial charge on any atom is 0.329 e. The number of fused-ring (bicyclic) bond motifs is 3. The number of nitrogens with zero attached hydrogens (tertiary/aromatic N) is 2. The summed E-state index contributed by atoms with van der Waals surface area (Å²) in [6, 6.07) is 4.99. The van der Waals surface area contributed by atoms with Gasteiger partial charge in [-0.2, -0.15) is 0 Å². The first-order chi connectivity index (χ1) is 19.3. The Bertz CT molecular complexity index is 1340. The molecule has 4 saturated heterocycles. The summed E-state index contributed by atoms with van der Waals surface area (Å²) < 4.78 is 49.5. The number of hydrogen-bond acceptors (Lipinski definition) is 11. The zero-order chi connectivity index (χ0) is 29.4. The molecular formula is C27H37ClN2O11. The van der Waals surface area contributed by atoms with Crippen molar-refractivity contribution < 1.29 is 48.1 Å². The van der Waals surface area contributed by atoms with E-state index in [0.717, 1.165) is 0 Å². The minimum atomic E-state index is -1.16. The topological polar surface area (TPSA) is 141 Å². The summed E-state index contributed by atoms with van der Waals surface area (Å²) in [4.78, 5) is 13.8. The molecule has 10 unspecified atom stereocenters. The third-order valence-corrected chi connectivity index (χ3v) is 8.31. The van der Waals surface area contributed by atoms with E-state index < -0.39 is 78.7 Å². The van der Waals surface area contributed by atoms with Crippen LogP contribution < -0.4 is 5.69 Å². The van der Waals surface area contributed by atoms with Gasteiger partial charge in [-0.15, -0.1) is 0 Å². The van der Waals surface area contributed by atoms with Gasteiger partial charge in [-0.05, 0) is 45.9 Å². The van der Waals surface area contributed by atoms with E-state index in [4.69, 9.17) is 49.5 Å². The van der Waals surface area contributed by atoms with Crippen LogP contribution in [0.4, 0.5) is 0 Å². The van der Waals surface area contributed by atoms with Crippen molar-refractivity contribution in [3.63, 3.8) is 0 Å². The third kappa shape index (κ3) is 5.14. The van der Waals surface area contributed by atoms with Crippen LogP contribution in [0.2, 0.25) is 5.02 Å². The fraction of sp³-hybridized carbons (Fsp3) is 0.741. The van der Waals surface area contributed by atoms with Gasteiger partial charge in [0, 0.05) is 19.2 Å². The number of aromatic nitrogens is 2. The summed E-state index contributed by atoms with van der Waals surface area (Å²) in [7, 11) is 3.02. The van der Waals surface area contributed by atoms with Gasteiger partial charge in [-0.25, -0.2) is 4.79 Å². The Labute approximate surface area is 241 Å². The molecule has 0 aliphatic carbocycles. The summed E-state index contributed by atoms with van der Waals surface area (Å²) in [5, 5.41) is 23.0. The normalized spacial score (nSPS) is 37.0. The quantitative estimate of drug-likeness (QED) is 0.447. The van der Waals surface area contributed by atoms with Crippen LogP contribution >= 0.6 is 11.6 Å². The molecule has 41 heavy (non-hydrogen) atoms. The molecule has 13 nitrogen and oxygen atoms in total. The highest BCUT2D eigenvalue weighted by Gasteiger charge is 2.58. The van der Waals surface area contributed by atoms with E-state index in [-0.39, 0.29) is 13.1 Å². The number of halogens is 1. The first-order valence-electron chi connectivity index (χ1n) is 13.6. The number of benzene rings is 1. The standard InChI is InChI=1S/C27H37ClN2O11/c1-26(2)38-21-19(34-5)17(36-23(21)40-26)15(31)10-29-13-8-7-12(28)9-14(13)30(25(29)33)11-16(32)18-20(35-6)22-24(37-18)41-27(3,4)39-22/h7-9,15-24,31-32H,10-11H2,1-6H3. The highest BCUT2D eigenvalue weighted by molar-refractivity contribution is 6.31. The highest BCUT2D eigenvalue weighted by atomic mass is 35.5. The average molecular weight is 601 g/mol. The van der Waals surface area contributed by atoms with E-state index in [9.17, 15) is 15.0 Å². The molecule has 0 radical (unpaired) electrons. The number of aliphatic hydroxyl groups excluding tert-OH is 2. The summed E-state index contributed by atoms with van der Waals surface area (Å²) in [6.07, 6.45) is -7.65. The zero-order valence-corrected chi connectivity index (χ0v) is 24.5. The molecule has 10 atom stereocenters. The molecule has 4 aliphatic heterocycles. The Kier molecular flexibility index (Phi) is 7.56. The molecule has 0 spiro atoms. The highest BCUT2D eigenvalue weighted by Crippen LogP contribution is 2.41. The van der Waals surface area contributed by atoms with Crippen molar-refractivity contribution in [2.45, 2.75) is 114 Å². The Morgan fingerprint density at radius 2 is 1.29 bits per heavy atom. The molecule has 6 rings (SSSR count). The molecular weight excluding hydrogens is 564 g/mol. The van der Waals surface area contributed by atoms with Crippen molar-refractivity contribution in [1.29, 1.82) is 0 Å². The molecule has 0 saturated carbocycles. The third-order valence-electron chi connectivity index (χ3n) is 8.08. The lowest BCUT2D eigenvalue weighted by molar-refractivity contribution is -0.228. The van der Waals surface area contributed by atoms with Crippen molar-refractivity contribution in [2.24, 2.45) is 0 Å². The van der Waals surface area contributed by atoms with Gasteiger partial charge in [0.25, 0.3) is 0 Å². The van der Waals surface area contributed by atoms with E-state index in [2.05, 4.69) is 0 Å². The van der Waals surface area contributed by atoms with Gasteiger partial charge in [0.1, 0.15) is 48.8 Å². The van der Waals surface area contributed by atoms with E-state index >= 15 is 0 Å². The predicted molar refractivity (Wildman–Crippen MR) is 142 cm³/mol. The second kappa shape index (κ2) is 10.5. The van der Waals surface area contributed by atoms with Gasteiger partial charge in [0.15, 0.2) is 24.2 Å². The zero-order valence-electron chi connectivity index (χ0n) is 23.8. The molecule has 4 fully saturated rings. The van der Waals surface area contributed by atoms with Gasteiger partial charge in [0.05, 0.1) is 24.1 Å². The smallest absolute Gasteiger partial charge is 0.329 e. The van der Waals surface area contributed by atoms with Crippen LogP contribution in [0.25, 0.3) is 11.0 Å². The second-order valence-electron chi connectivity index (χ2n) is 11.8. The molecule has 0 amide bonds. The van der Waals surface area contributed by atoms with E-state index in [1.54, 1.807) is 45.9 Å². The van der Waals surface area contributed by atoms with E-state index in [1.807, 2.05) is 0 Å². The van der Waals surface area contributed by atoms with Crippen LogP contribution in [0.15, 0.2) is 23.0 Å². The molecule has 5 heterocycles. The van der Waals surface area contributed by atoms with Crippen molar-refractivity contribution in [3.8, 4) is 0 Å². The van der Waals surface area contributed by atoms with Crippen LogP contribution in [-0.2, 0) is 51.0 Å². The lowest BCUT2D eigenvalue weighted by atomic mass is 10.1. The number of methoxy groups -OCH3 is 2. The first kappa shape index (κ1) is 29.5. The Morgan fingerprint density at radius 3 is 1.76 bits per heavy atom. The molecule has 14 heteroatoms. The molecule has 4 aliphatic rings. The number of imidazole rings is 1. The minimum Gasteiger partial charge on any atom is -0.388 e. The monoisotopic (exact) mass is 600 g/mol. The largest absolute Gasteiger partial charge is 0.388 e. The van der Waals surface area contributed by atoms with Crippen LogP contribution in [0, 0.1) is 0 Å². The van der Waals surface area contributed by atoms with Crippen LogP contribution in [0.1, 0.15) is 27.7 Å². The van der Waals surface area contributed by atoms with Gasteiger partial charge < -0.3 is 48.1 Å². The lowest BCUT2D eigenvalue weighted by Crippen LogP contribution is -2.46. The summed E-state index contributed by atoms with van der Waals surface area (Å²) in [5.41, 5.74) is 0.546. The number of ether oxygens (including phenoxy) is 8. The fourth-order valence-corrected chi connectivity index (χ4v) is 6.56. The van der Waals surface area contributed by atoms with E-state index in [0.29, 0.717) is 16.1 Å². The maximum atomic E-state index is 13.8. The predicted octanol–water partition coefficient (Wildman–Crippen LogP) is 0.961.